The van der Waals surface area contributed by atoms with Gasteiger partial charge in [0.2, 0.25) is 0 Å². The molecule has 3 saturated heterocycles. The van der Waals surface area contributed by atoms with Gasteiger partial charge in [-0.25, -0.2) is 0 Å². The lowest BCUT2D eigenvalue weighted by Crippen LogP contribution is -2.60. The summed E-state index contributed by atoms with van der Waals surface area (Å²) in [6, 6.07) is 0. The van der Waals surface area contributed by atoms with Crippen molar-refractivity contribution < 1.29 is 44.2 Å². The van der Waals surface area contributed by atoms with Crippen LogP contribution in [0.1, 0.15) is 141 Å². The van der Waals surface area contributed by atoms with E-state index in [2.05, 4.69) is 0 Å². The number of hydrogen-bond donors (Lipinski definition) is 3. The van der Waals surface area contributed by atoms with Crippen LogP contribution in [0.2, 0.25) is 0 Å². The highest BCUT2D eigenvalue weighted by Gasteiger charge is 2.51. The molecule has 4 aliphatic rings. The molecule has 1 saturated carbocycles. The number of carbonyl (C=O) groups excluding carboxylic acids is 3. The lowest BCUT2D eigenvalue weighted by molar-refractivity contribution is -0.254. The van der Waals surface area contributed by atoms with Crippen molar-refractivity contribution in [1.29, 1.82) is 0 Å². The summed E-state index contributed by atoms with van der Waals surface area (Å²) in [5.41, 5.74) is -3.80. The average Bonchev–Trinajstić information content (AvgIpc) is 2.92. The van der Waals surface area contributed by atoms with Gasteiger partial charge in [0.25, 0.3) is 0 Å². The fourth-order valence-corrected chi connectivity index (χ4v) is 9.55. The molecule has 0 atom stereocenters. The topological polar surface area (TPSA) is 149 Å². The van der Waals surface area contributed by atoms with Crippen molar-refractivity contribution >= 4 is 17.9 Å². The van der Waals surface area contributed by atoms with Crippen LogP contribution in [0.3, 0.4) is 0 Å². The van der Waals surface area contributed by atoms with Crippen LogP contribution in [0.5, 0.6) is 0 Å². The Hall–Kier alpha value is -1.83. The van der Waals surface area contributed by atoms with E-state index in [1.54, 1.807) is 0 Å². The maximum absolute atomic E-state index is 13.7. The molecular weight excluding hydrogens is 618 g/mol. The summed E-state index contributed by atoms with van der Waals surface area (Å²) in [7, 11) is 0. The summed E-state index contributed by atoms with van der Waals surface area (Å²) in [4.78, 5) is 41.0. The first-order valence-corrected chi connectivity index (χ1v) is 17.8. The van der Waals surface area contributed by atoms with Crippen molar-refractivity contribution in [3.8, 4) is 0 Å². The Balaban J connectivity index is 1.51. The molecule has 12 heteroatoms. The Labute approximate surface area is 287 Å². The number of carbonyl (C=O) groups is 3. The van der Waals surface area contributed by atoms with Gasteiger partial charge in [0.1, 0.15) is 18.3 Å². The summed E-state index contributed by atoms with van der Waals surface area (Å²) in [6.07, 6.45) is 1.43. The number of hydrogen-bond acceptors (Lipinski definition) is 12. The van der Waals surface area contributed by atoms with E-state index < -0.39 is 69.3 Å². The number of nitrogens with zero attached hydrogens (tertiary/aromatic N) is 3. The van der Waals surface area contributed by atoms with E-state index in [1.807, 2.05) is 83.1 Å². The molecule has 4 fully saturated rings. The summed E-state index contributed by atoms with van der Waals surface area (Å²) in [5, 5.41) is 36.2. The van der Waals surface area contributed by atoms with Crippen LogP contribution in [0.15, 0.2) is 0 Å². The third kappa shape index (κ3) is 8.20. The van der Waals surface area contributed by atoms with E-state index in [9.17, 15) is 30.0 Å². The van der Waals surface area contributed by atoms with E-state index in [1.165, 1.54) is 15.2 Å². The van der Waals surface area contributed by atoms with E-state index in [0.717, 1.165) is 0 Å². The number of ether oxygens (including phenoxy) is 3. The van der Waals surface area contributed by atoms with Gasteiger partial charge in [-0.2, -0.15) is 15.2 Å². The molecule has 0 amide bonds. The number of esters is 3. The van der Waals surface area contributed by atoms with Crippen molar-refractivity contribution in [1.82, 2.24) is 15.2 Å². The van der Waals surface area contributed by atoms with Gasteiger partial charge in [-0.1, -0.05) is 0 Å². The second-order valence-electron chi connectivity index (χ2n) is 19.0. The highest BCUT2D eigenvalue weighted by atomic mass is 16.6. The highest BCUT2D eigenvalue weighted by Crippen LogP contribution is 2.44. The zero-order valence-corrected chi connectivity index (χ0v) is 31.5. The molecule has 1 aliphatic carbocycles. The molecule has 0 spiro atoms. The average molecular weight is 682 g/mol. The van der Waals surface area contributed by atoms with Gasteiger partial charge in [0, 0.05) is 52.5 Å². The molecule has 0 radical (unpaired) electrons. The fraction of sp³-hybridized carbons (Fsp3) is 0.917. The molecular formula is C36H63N3O9. The number of piperidine rings is 3. The van der Waals surface area contributed by atoms with Crippen LogP contribution < -0.4 is 0 Å². The minimum absolute atomic E-state index is 0.283. The minimum Gasteiger partial charge on any atom is -0.462 e. The molecule has 4 rings (SSSR count). The molecule has 0 bridgehead atoms. The monoisotopic (exact) mass is 681 g/mol. The maximum atomic E-state index is 13.7. The number of hydroxylamine groups is 6. The lowest BCUT2D eigenvalue weighted by atomic mass is 9.75. The molecule has 3 N–H and O–H groups in total. The van der Waals surface area contributed by atoms with Crippen LogP contribution >= 0.6 is 0 Å². The van der Waals surface area contributed by atoms with Crippen molar-refractivity contribution in [3.63, 3.8) is 0 Å². The maximum Gasteiger partial charge on any atom is 0.309 e. The summed E-state index contributed by atoms with van der Waals surface area (Å²) in [6.45, 7) is 22.8. The van der Waals surface area contributed by atoms with Crippen molar-refractivity contribution in [3.05, 3.63) is 0 Å². The largest absolute Gasteiger partial charge is 0.462 e. The summed E-state index contributed by atoms with van der Waals surface area (Å²) >= 11 is 0. The van der Waals surface area contributed by atoms with Gasteiger partial charge in [-0.15, -0.1) is 0 Å². The van der Waals surface area contributed by atoms with Gasteiger partial charge in [-0.3, -0.25) is 14.4 Å². The van der Waals surface area contributed by atoms with Gasteiger partial charge in [0.05, 0.1) is 17.8 Å². The quantitative estimate of drug-likeness (QED) is 0.227. The zero-order chi connectivity index (χ0) is 36.4. The molecule has 12 nitrogen and oxygen atoms in total. The first-order chi connectivity index (χ1) is 21.7. The van der Waals surface area contributed by atoms with E-state index in [-0.39, 0.29) is 37.2 Å². The Morgan fingerprint density at radius 1 is 0.417 bits per heavy atom. The van der Waals surface area contributed by atoms with E-state index in [0.29, 0.717) is 38.5 Å². The molecule has 0 unspecified atom stereocenters. The van der Waals surface area contributed by atoms with Gasteiger partial charge < -0.3 is 29.8 Å². The second-order valence-corrected chi connectivity index (χ2v) is 19.0. The van der Waals surface area contributed by atoms with Crippen LogP contribution in [-0.4, -0.2) is 100 Å². The van der Waals surface area contributed by atoms with Gasteiger partial charge in [0.15, 0.2) is 0 Å². The summed E-state index contributed by atoms with van der Waals surface area (Å²) < 4.78 is 18.4. The Bertz CT molecular complexity index is 1020. The van der Waals surface area contributed by atoms with Crippen LogP contribution in [0, 0.1) is 17.8 Å². The third-order valence-corrected chi connectivity index (χ3v) is 11.3. The van der Waals surface area contributed by atoms with Crippen molar-refractivity contribution in [2.45, 2.75) is 192 Å². The number of rotatable bonds is 6. The van der Waals surface area contributed by atoms with Crippen molar-refractivity contribution in [2.24, 2.45) is 17.8 Å². The van der Waals surface area contributed by atoms with Crippen LogP contribution in [0.4, 0.5) is 0 Å². The smallest absolute Gasteiger partial charge is 0.309 e. The fourth-order valence-electron chi connectivity index (χ4n) is 9.55. The van der Waals surface area contributed by atoms with Gasteiger partial charge in [-0.05, 0) is 122 Å². The standard InChI is InChI=1S/C36H63N3O9/c1-31(2)16-22(17-32(3,4)37(31)43)28(40)46-25-13-26(47-29(41)23-18-33(5,6)38(44)34(7,8)19-23)15-27(14-25)48-30(42)24-20-35(9,10)39(45)36(11,12)21-24/h22-27,43-45H,13-21H2,1-12H3. The van der Waals surface area contributed by atoms with Crippen LogP contribution in [-0.2, 0) is 28.6 Å². The molecule has 276 valence electrons. The molecule has 0 aromatic heterocycles. The Morgan fingerprint density at radius 3 is 0.750 bits per heavy atom. The predicted octanol–water partition coefficient (Wildman–Crippen LogP) is 5.88. The van der Waals surface area contributed by atoms with Gasteiger partial charge >= 0.3 is 17.9 Å². The normalized spacial score (nSPS) is 32.7. The first-order valence-electron chi connectivity index (χ1n) is 17.8. The Kier molecular flexibility index (Phi) is 10.6. The van der Waals surface area contributed by atoms with E-state index in [4.69, 9.17) is 14.2 Å². The van der Waals surface area contributed by atoms with Crippen LogP contribution in [0.25, 0.3) is 0 Å². The highest BCUT2D eigenvalue weighted by molar-refractivity contribution is 5.74. The van der Waals surface area contributed by atoms with E-state index >= 15 is 0 Å². The Morgan fingerprint density at radius 2 is 0.583 bits per heavy atom. The molecule has 3 heterocycles. The summed E-state index contributed by atoms with van der Waals surface area (Å²) in [5.74, 6) is -2.44. The zero-order valence-electron chi connectivity index (χ0n) is 31.5. The van der Waals surface area contributed by atoms with Crippen molar-refractivity contribution in [2.75, 3.05) is 0 Å². The predicted molar refractivity (Wildman–Crippen MR) is 177 cm³/mol. The minimum atomic E-state index is -0.639. The molecule has 3 aliphatic heterocycles. The second kappa shape index (κ2) is 13.1. The third-order valence-electron chi connectivity index (χ3n) is 11.3. The molecule has 0 aromatic rings. The first kappa shape index (κ1) is 39.0. The lowest BCUT2D eigenvalue weighted by Gasteiger charge is -2.51. The molecule has 0 aromatic carbocycles. The molecule has 48 heavy (non-hydrogen) atoms. The SMILES string of the molecule is CC1(C)CC(C(=O)OC2CC(OC(=O)C3CC(C)(C)N(O)C(C)(C)C3)CC(OC(=O)C3CC(C)(C)N(O)C(C)(C)C3)C2)CC(C)(C)N1O.